The van der Waals surface area contributed by atoms with E-state index in [1.54, 1.807) is 23.3 Å². The lowest BCUT2D eigenvalue weighted by Gasteiger charge is -2.15. The van der Waals surface area contributed by atoms with Gasteiger partial charge in [-0.1, -0.05) is 19.6 Å². The molecule has 2 heterocycles. The molecule has 0 radical (unpaired) electrons. The van der Waals surface area contributed by atoms with Gasteiger partial charge >= 0.3 is 0 Å². The standard InChI is InChI=1S/C13H19ClN4OSi/c1-20(2,3)7-6-19-10-18-12(4-5-17-18)11-8-15-13(14)16-9-11/h4-5,8-9H,6-7,10H2,1-3H3. The number of halogens is 1. The lowest BCUT2D eigenvalue weighted by molar-refractivity contribution is 0.0798. The van der Waals surface area contributed by atoms with E-state index in [1.165, 1.54) is 0 Å². The van der Waals surface area contributed by atoms with Gasteiger partial charge in [0.25, 0.3) is 0 Å². The molecule has 0 aliphatic rings. The van der Waals surface area contributed by atoms with Crippen molar-refractivity contribution >= 4 is 19.7 Å². The Balaban J connectivity index is 1.97. The van der Waals surface area contributed by atoms with E-state index in [0.29, 0.717) is 6.73 Å². The molecule has 2 aromatic rings. The maximum absolute atomic E-state index is 5.71. The van der Waals surface area contributed by atoms with E-state index in [4.69, 9.17) is 16.3 Å². The molecule has 2 rings (SSSR count). The lowest BCUT2D eigenvalue weighted by Crippen LogP contribution is -2.22. The van der Waals surface area contributed by atoms with Gasteiger partial charge in [-0.25, -0.2) is 14.6 Å². The highest BCUT2D eigenvalue weighted by Gasteiger charge is 2.12. The predicted octanol–water partition coefficient (Wildman–Crippen LogP) is 3.31. The number of nitrogens with zero attached hydrogens (tertiary/aromatic N) is 4. The van der Waals surface area contributed by atoms with Crippen LogP contribution in [0.4, 0.5) is 0 Å². The van der Waals surface area contributed by atoms with Crippen molar-refractivity contribution in [1.82, 2.24) is 19.7 Å². The Morgan fingerprint density at radius 3 is 2.60 bits per heavy atom. The van der Waals surface area contributed by atoms with Crippen molar-refractivity contribution in [2.24, 2.45) is 0 Å². The van der Waals surface area contributed by atoms with Gasteiger partial charge in [0.15, 0.2) is 0 Å². The molecule has 2 aromatic heterocycles. The van der Waals surface area contributed by atoms with Crippen LogP contribution in [0.3, 0.4) is 0 Å². The van der Waals surface area contributed by atoms with Gasteiger partial charge in [0.05, 0.1) is 5.69 Å². The average molecular weight is 311 g/mol. The Labute approximate surface area is 125 Å². The first-order valence-electron chi connectivity index (χ1n) is 6.53. The zero-order valence-electron chi connectivity index (χ0n) is 12.0. The second kappa shape index (κ2) is 6.47. The van der Waals surface area contributed by atoms with Crippen LogP contribution < -0.4 is 0 Å². The van der Waals surface area contributed by atoms with E-state index >= 15 is 0 Å². The molecule has 0 aliphatic heterocycles. The minimum absolute atomic E-state index is 0.242. The zero-order valence-corrected chi connectivity index (χ0v) is 13.8. The summed E-state index contributed by atoms with van der Waals surface area (Å²) in [6.07, 6.45) is 5.11. The molecule has 0 aliphatic carbocycles. The Kier molecular flexibility index (Phi) is 4.90. The van der Waals surface area contributed by atoms with Gasteiger partial charge in [-0.2, -0.15) is 5.10 Å². The number of aromatic nitrogens is 4. The summed E-state index contributed by atoms with van der Waals surface area (Å²) in [6.45, 7) is 8.21. The summed E-state index contributed by atoms with van der Waals surface area (Å²) < 4.78 is 7.51. The molecule has 0 fully saturated rings. The van der Waals surface area contributed by atoms with Crippen LogP contribution in [0.25, 0.3) is 11.3 Å². The van der Waals surface area contributed by atoms with Gasteiger partial charge in [0, 0.05) is 38.8 Å². The van der Waals surface area contributed by atoms with Crippen LogP contribution in [0, 0.1) is 0 Å². The first-order valence-corrected chi connectivity index (χ1v) is 10.6. The van der Waals surface area contributed by atoms with E-state index in [9.17, 15) is 0 Å². The van der Waals surface area contributed by atoms with E-state index in [0.717, 1.165) is 23.9 Å². The molecule has 0 amide bonds. The van der Waals surface area contributed by atoms with Gasteiger partial charge in [0.1, 0.15) is 6.73 Å². The third-order valence-electron chi connectivity index (χ3n) is 2.84. The van der Waals surface area contributed by atoms with Gasteiger partial charge < -0.3 is 4.74 Å². The van der Waals surface area contributed by atoms with E-state index in [2.05, 4.69) is 34.7 Å². The zero-order chi connectivity index (χ0) is 14.6. The summed E-state index contributed by atoms with van der Waals surface area (Å²) in [7, 11) is -1.05. The largest absolute Gasteiger partial charge is 0.360 e. The van der Waals surface area contributed by atoms with Gasteiger partial charge in [-0.15, -0.1) is 0 Å². The number of rotatable bonds is 6. The minimum atomic E-state index is -1.05. The molecule has 0 atom stereocenters. The maximum Gasteiger partial charge on any atom is 0.222 e. The van der Waals surface area contributed by atoms with Crippen LogP contribution in [0.2, 0.25) is 31.0 Å². The second-order valence-electron chi connectivity index (χ2n) is 5.80. The van der Waals surface area contributed by atoms with Crippen molar-refractivity contribution in [2.45, 2.75) is 32.4 Å². The van der Waals surface area contributed by atoms with Crippen LogP contribution in [-0.2, 0) is 11.5 Å². The van der Waals surface area contributed by atoms with Crippen molar-refractivity contribution in [1.29, 1.82) is 0 Å². The molecule has 7 heteroatoms. The van der Waals surface area contributed by atoms with E-state index < -0.39 is 8.07 Å². The van der Waals surface area contributed by atoms with E-state index in [1.807, 2.05) is 6.07 Å². The van der Waals surface area contributed by atoms with Gasteiger partial charge in [-0.3, -0.25) is 0 Å². The first-order chi connectivity index (χ1) is 9.46. The highest BCUT2D eigenvalue weighted by Crippen LogP contribution is 2.18. The van der Waals surface area contributed by atoms with Gasteiger partial charge in [-0.05, 0) is 23.7 Å². The average Bonchev–Trinajstić information content (AvgIpc) is 2.83. The maximum atomic E-state index is 5.71. The Morgan fingerprint density at radius 1 is 1.25 bits per heavy atom. The van der Waals surface area contributed by atoms with Crippen molar-refractivity contribution in [3.05, 3.63) is 29.9 Å². The Hall–Kier alpha value is -1.24. The molecule has 0 unspecified atom stereocenters. The first kappa shape index (κ1) is 15.2. The number of ether oxygens (including phenoxy) is 1. The third-order valence-corrected chi connectivity index (χ3v) is 4.74. The lowest BCUT2D eigenvalue weighted by atomic mass is 10.2. The highest BCUT2D eigenvalue weighted by molar-refractivity contribution is 6.76. The third kappa shape index (κ3) is 4.40. The molecule has 0 aromatic carbocycles. The summed E-state index contributed by atoms with van der Waals surface area (Å²) in [6, 6.07) is 3.06. The summed E-state index contributed by atoms with van der Waals surface area (Å²) >= 11 is 5.69. The fourth-order valence-corrected chi connectivity index (χ4v) is 2.51. The Morgan fingerprint density at radius 2 is 1.95 bits per heavy atom. The van der Waals surface area contributed by atoms with Gasteiger partial charge in [0.2, 0.25) is 5.28 Å². The summed E-state index contributed by atoms with van der Waals surface area (Å²) in [5, 5.41) is 4.51. The van der Waals surface area contributed by atoms with Crippen LogP contribution in [0.1, 0.15) is 0 Å². The van der Waals surface area contributed by atoms with Crippen LogP contribution in [0.5, 0.6) is 0 Å². The fraction of sp³-hybridized carbons (Fsp3) is 0.462. The molecule has 0 spiro atoms. The predicted molar refractivity (Wildman–Crippen MR) is 82.4 cm³/mol. The molecule has 0 N–H and O–H groups in total. The molecule has 0 bridgehead atoms. The van der Waals surface area contributed by atoms with Crippen molar-refractivity contribution in [3.63, 3.8) is 0 Å². The Bertz CT molecular complexity index is 550. The van der Waals surface area contributed by atoms with Crippen LogP contribution in [-0.4, -0.2) is 34.4 Å². The molecule has 0 saturated carbocycles. The smallest absolute Gasteiger partial charge is 0.222 e. The van der Waals surface area contributed by atoms with Crippen molar-refractivity contribution in [3.8, 4) is 11.3 Å². The molecule has 0 saturated heterocycles. The quantitative estimate of drug-likeness (QED) is 0.466. The van der Waals surface area contributed by atoms with Crippen LogP contribution in [0.15, 0.2) is 24.7 Å². The monoisotopic (exact) mass is 310 g/mol. The highest BCUT2D eigenvalue weighted by atomic mass is 35.5. The number of hydrogen-bond donors (Lipinski definition) is 0. The number of hydrogen-bond acceptors (Lipinski definition) is 4. The SMILES string of the molecule is C[Si](C)(C)CCOCn1nccc1-c1cnc(Cl)nc1. The van der Waals surface area contributed by atoms with E-state index in [-0.39, 0.29) is 5.28 Å². The normalized spacial score (nSPS) is 11.8. The molecule has 108 valence electrons. The fourth-order valence-electron chi connectivity index (χ4n) is 1.65. The molecular weight excluding hydrogens is 292 g/mol. The van der Waals surface area contributed by atoms with Crippen molar-refractivity contribution < 1.29 is 4.74 Å². The second-order valence-corrected chi connectivity index (χ2v) is 11.8. The van der Waals surface area contributed by atoms with Crippen molar-refractivity contribution in [2.75, 3.05) is 6.61 Å². The van der Waals surface area contributed by atoms with Crippen LogP contribution >= 0.6 is 11.6 Å². The summed E-state index contributed by atoms with van der Waals surface area (Å²) in [5.74, 6) is 0. The topological polar surface area (TPSA) is 52.8 Å². The minimum Gasteiger partial charge on any atom is -0.360 e. The summed E-state index contributed by atoms with van der Waals surface area (Å²) in [5.41, 5.74) is 1.80. The molecular formula is C13H19ClN4OSi. The molecule has 5 nitrogen and oxygen atoms in total. The summed E-state index contributed by atoms with van der Waals surface area (Å²) in [4.78, 5) is 7.97. The molecule has 20 heavy (non-hydrogen) atoms.